The third kappa shape index (κ3) is 2.82. The van der Waals surface area contributed by atoms with Gasteiger partial charge in [0.1, 0.15) is 11.3 Å². The van der Waals surface area contributed by atoms with E-state index in [4.69, 9.17) is 9.84 Å². The summed E-state index contributed by atoms with van der Waals surface area (Å²) in [6.07, 6.45) is 1.18. The first-order valence-electron chi connectivity index (χ1n) is 4.57. The maximum Gasteiger partial charge on any atom is 0.339 e. The van der Waals surface area contributed by atoms with Gasteiger partial charge in [-0.15, -0.1) is 0 Å². The van der Waals surface area contributed by atoms with E-state index in [1.807, 2.05) is 0 Å². The molecule has 1 N–H and O–H groups in total. The molecular formula is C10H7BrN2O4. The Kier molecular flexibility index (Phi) is 3.38. The number of halogens is 1. The zero-order chi connectivity index (χ0) is 12.3. The van der Waals surface area contributed by atoms with Gasteiger partial charge in [0.15, 0.2) is 6.61 Å². The van der Waals surface area contributed by atoms with Gasteiger partial charge >= 0.3 is 5.97 Å². The number of rotatable bonds is 4. The average molecular weight is 299 g/mol. The van der Waals surface area contributed by atoms with Crippen LogP contribution in [0.25, 0.3) is 0 Å². The first kappa shape index (κ1) is 11.6. The molecule has 1 aromatic heterocycles. The summed E-state index contributed by atoms with van der Waals surface area (Å²) in [5.74, 6) is -0.460. The lowest BCUT2D eigenvalue weighted by atomic mass is 10.2. The number of carboxylic acids is 1. The van der Waals surface area contributed by atoms with E-state index in [1.54, 1.807) is 12.1 Å². The summed E-state index contributed by atoms with van der Waals surface area (Å²) in [6, 6.07) is 4.66. The van der Waals surface area contributed by atoms with Crippen LogP contribution in [0, 0.1) is 0 Å². The highest BCUT2D eigenvalue weighted by molar-refractivity contribution is 9.10. The molecule has 0 aliphatic heterocycles. The molecular weight excluding hydrogens is 292 g/mol. The number of benzene rings is 1. The molecule has 6 nitrogen and oxygen atoms in total. The van der Waals surface area contributed by atoms with Gasteiger partial charge in [-0.2, -0.15) is 4.98 Å². The molecule has 0 aliphatic carbocycles. The molecule has 0 atom stereocenters. The Balaban J connectivity index is 2.19. The third-order valence-corrected chi connectivity index (χ3v) is 2.43. The van der Waals surface area contributed by atoms with Gasteiger partial charge in [0.05, 0.1) is 0 Å². The van der Waals surface area contributed by atoms with Crippen LogP contribution in [-0.2, 0) is 6.61 Å². The number of hydrogen-bond acceptors (Lipinski definition) is 5. The maximum atomic E-state index is 10.9. The SMILES string of the molecule is O=C(O)c1ccc(Br)cc1OCc1ncon1. The predicted octanol–water partition coefficient (Wildman–Crippen LogP) is 2.11. The molecule has 0 saturated heterocycles. The molecule has 0 spiro atoms. The third-order valence-electron chi connectivity index (χ3n) is 1.94. The summed E-state index contributed by atoms with van der Waals surface area (Å²) in [7, 11) is 0. The van der Waals surface area contributed by atoms with Crippen LogP contribution in [0.5, 0.6) is 5.75 Å². The molecule has 0 fully saturated rings. The second-order valence-electron chi connectivity index (χ2n) is 3.08. The van der Waals surface area contributed by atoms with E-state index in [2.05, 4.69) is 30.6 Å². The fourth-order valence-electron chi connectivity index (χ4n) is 1.19. The van der Waals surface area contributed by atoms with E-state index in [9.17, 15) is 4.79 Å². The van der Waals surface area contributed by atoms with Gasteiger partial charge in [0.25, 0.3) is 0 Å². The van der Waals surface area contributed by atoms with Gasteiger partial charge in [-0.1, -0.05) is 21.1 Å². The molecule has 0 saturated carbocycles. The monoisotopic (exact) mass is 298 g/mol. The maximum absolute atomic E-state index is 10.9. The van der Waals surface area contributed by atoms with Gasteiger partial charge in [-0.05, 0) is 18.2 Å². The van der Waals surface area contributed by atoms with Crippen molar-refractivity contribution in [3.63, 3.8) is 0 Å². The van der Waals surface area contributed by atoms with Crippen molar-refractivity contribution in [2.45, 2.75) is 6.61 Å². The molecule has 1 heterocycles. The van der Waals surface area contributed by atoms with Crippen LogP contribution in [0.2, 0.25) is 0 Å². The van der Waals surface area contributed by atoms with Crippen LogP contribution in [0.15, 0.2) is 33.6 Å². The topological polar surface area (TPSA) is 85.5 Å². The average Bonchev–Trinajstić information content (AvgIpc) is 2.78. The minimum absolute atomic E-state index is 0.0488. The summed E-state index contributed by atoms with van der Waals surface area (Å²) in [4.78, 5) is 14.7. The normalized spacial score (nSPS) is 10.2. The lowest BCUT2D eigenvalue weighted by molar-refractivity contribution is 0.0691. The number of hydrogen-bond donors (Lipinski definition) is 1. The Morgan fingerprint density at radius 1 is 1.53 bits per heavy atom. The van der Waals surface area contributed by atoms with Crippen molar-refractivity contribution in [2.24, 2.45) is 0 Å². The van der Waals surface area contributed by atoms with Gasteiger partial charge in [0.2, 0.25) is 12.2 Å². The summed E-state index contributed by atoms with van der Waals surface area (Å²) in [5.41, 5.74) is 0.0803. The van der Waals surface area contributed by atoms with E-state index in [-0.39, 0.29) is 17.9 Å². The Labute approximate surface area is 104 Å². The van der Waals surface area contributed by atoms with E-state index in [1.165, 1.54) is 12.5 Å². The van der Waals surface area contributed by atoms with E-state index in [0.29, 0.717) is 5.82 Å². The highest BCUT2D eigenvalue weighted by Crippen LogP contribution is 2.24. The second kappa shape index (κ2) is 4.96. The Morgan fingerprint density at radius 3 is 3.00 bits per heavy atom. The molecule has 7 heteroatoms. The molecule has 1 aromatic carbocycles. The van der Waals surface area contributed by atoms with Gasteiger partial charge < -0.3 is 14.4 Å². The van der Waals surface area contributed by atoms with Crippen LogP contribution >= 0.6 is 15.9 Å². The minimum atomic E-state index is -1.05. The predicted molar refractivity (Wildman–Crippen MR) is 59.7 cm³/mol. The Bertz CT molecular complexity index is 527. The standard InChI is InChI=1S/C10H7BrN2O4/c11-6-1-2-7(10(14)15)8(3-6)16-4-9-12-5-17-13-9/h1-3,5H,4H2,(H,14,15). The first-order valence-corrected chi connectivity index (χ1v) is 5.37. The lowest BCUT2D eigenvalue weighted by Gasteiger charge is -2.07. The van der Waals surface area contributed by atoms with Crippen molar-refractivity contribution in [1.29, 1.82) is 0 Å². The van der Waals surface area contributed by atoms with Crippen molar-refractivity contribution in [2.75, 3.05) is 0 Å². The van der Waals surface area contributed by atoms with Crippen molar-refractivity contribution in [3.8, 4) is 5.75 Å². The van der Waals surface area contributed by atoms with Crippen LogP contribution in [0.4, 0.5) is 0 Å². The number of aromatic nitrogens is 2. The first-order chi connectivity index (χ1) is 8.16. The molecule has 0 bridgehead atoms. The van der Waals surface area contributed by atoms with Gasteiger partial charge in [-0.25, -0.2) is 4.79 Å². The fourth-order valence-corrected chi connectivity index (χ4v) is 1.53. The molecule has 2 aromatic rings. The summed E-state index contributed by atoms with van der Waals surface area (Å²) >= 11 is 3.24. The fraction of sp³-hybridized carbons (Fsp3) is 0.100. The molecule has 0 radical (unpaired) electrons. The van der Waals surface area contributed by atoms with Crippen LogP contribution in [0.1, 0.15) is 16.2 Å². The molecule has 0 amide bonds. The second-order valence-corrected chi connectivity index (χ2v) is 4.00. The largest absolute Gasteiger partial charge is 0.485 e. The van der Waals surface area contributed by atoms with Crippen LogP contribution in [0.3, 0.4) is 0 Å². The number of aromatic carboxylic acids is 1. The van der Waals surface area contributed by atoms with Gasteiger partial charge in [0, 0.05) is 4.47 Å². The highest BCUT2D eigenvalue weighted by Gasteiger charge is 2.12. The van der Waals surface area contributed by atoms with Gasteiger partial charge in [-0.3, -0.25) is 0 Å². The van der Waals surface area contributed by atoms with Crippen molar-refractivity contribution in [3.05, 3.63) is 40.5 Å². The zero-order valence-electron chi connectivity index (χ0n) is 8.46. The van der Waals surface area contributed by atoms with E-state index >= 15 is 0 Å². The summed E-state index contributed by atoms with van der Waals surface area (Å²) in [6.45, 7) is 0.0488. The Hall–Kier alpha value is -1.89. The minimum Gasteiger partial charge on any atom is -0.485 e. The highest BCUT2D eigenvalue weighted by atomic mass is 79.9. The smallest absolute Gasteiger partial charge is 0.339 e. The lowest BCUT2D eigenvalue weighted by Crippen LogP contribution is -2.04. The van der Waals surface area contributed by atoms with Crippen molar-refractivity contribution in [1.82, 2.24) is 10.1 Å². The quantitative estimate of drug-likeness (QED) is 0.930. The molecule has 88 valence electrons. The molecule has 0 aliphatic rings. The van der Waals surface area contributed by atoms with Crippen LogP contribution < -0.4 is 4.74 Å². The summed E-state index contributed by atoms with van der Waals surface area (Å²) < 4.78 is 10.6. The number of ether oxygens (including phenoxy) is 1. The van der Waals surface area contributed by atoms with Crippen molar-refractivity contribution >= 4 is 21.9 Å². The molecule has 0 unspecified atom stereocenters. The van der Waals surface area contributed by atoms with E-state index in [0.717, 1.165) is 4.47 Å². The van der Waals surface area contributed by atoms with E-state index < -0.39 is 5.97 Å². The number of carbonyl (C=O) groups is 1. The van der Waals surface area contributed by atoms with Crippen LogP contribution in [-0.4, -0.2) is 21.2 Å². The zero-order valence-corrected chi connectivity index (χ0v) is 10.0. The van der Waals surface area contributed by atoms with Crippen molar-refractivity contribution < 1.29 is 19.2 Å². The molecule has 17 heavy (non-hydrogen) atoms. The number of carboxylic acid groups (broad SMARTS) is 1. The summed E-state index contributed by atoms with van der Waals surface area (Å²) in [5, 5.41) is 12.5. The number of nitrogens with zero attached hydrogens (tertiary/aromatic N) is 2. The molecule has 2 rings (SSSR count). The Morgan fingerprint density at radius 2 is 2.35 bits per heavy atom.